The smallest absolute Gasteiger partial charge is 0.277 e. The van der Waals surface area contributed by atoms with Crippen LogP contribution in [-0.2, 0) is 9.53 Å². The van der Waals surface area contributed by atoms with Crippen LogP contribution in [0, 0.1) is 6.92 Å². The minimum Gasteiger partial charge on any atom is -0.483 e. The average Bonchev–Trinajstić information content (AvgIpc) is 2.72. The summed E-state index contributed by atoms with van der Waals surface area (Å²) in [5, 5.41) is 4.80. The molecule has 1 aliphatic heterocycles. The first-order valence-electron chi connectivity index (χ1n) is 9.18. The molecule has 1 saturated heterocycles. The molecule has 0 saturated carbocycles. The fourth-order valence-corrected chi connectivity index (χ4v) is 3.12. The third-order valence-corrected chi connectivity index (χ3v) is 4.74. The first-order chi connectivity index (χ1) is 13.5. The predicted molar refractivity (Wildman–Crippen MR) is 112 cm³/mol. The molecule has 0 radical (unpaired) electrons. The van der Waals surface area contributed by atoms with Gasteiger partial charge >= 0.3 is 0 Å². The molecule has 3 rings (SSSR count). The second-order valence-corrected chi connectivity index (χ2v) is 7.01. The second-order valence-electron chi connectivity index (χ2n) is 6.58. The molecule has 0 aliphatic carbocycles. The topological polar surface area (TPSA) is 63.2 Å². The number of hydrazone groups is 1. The molecule has 1 aliphatic rings. The normalized spacial score (nSPS) is 14.7. The predicted octanol–water partition coefficient (Wildman–Crippen LogP) is 3.40. The van der Waals surface area contributed by atoms with E-state index in [4.69, 9.17) is 21.1 Å². The Labute approximate surface area is 170 Å². The molecule has 0 atom stereocenters. The van der Waals surface area contributed by atoms with Gasteiger partial charge in [0.05, 0.1) is 18.9 Å². The van der Waals surface area contributed by atoms with Gasteiger partial charge in [0.15, 0.2) is 6.61 Å². The highest BCUT2D eigenvalue weighted by Gasteiger charge is 2.11. The van der Waals surface area contributed by atoms with Crippen molar-refractivity contribution in [1.82, 2.24) is 5.43 Å². The molecular weight excluding hydrogens is 378 g/mol. The van der Waals surface area contributed by atoms with Crippen LogP contribution in [0.2, 0.25) is 5.02 Å². The zero-order valence-electron chi connectivity index (χ0n) is 16.1. The average molecular weight is 402 g/mol. The van der Waals surface area contributed by atoms with Gasteiger partial charge in [-0.1, -0.05) is 23.7 Å². The molecule has 1 heterocycles. The first-order valence-corrected chi connectivity index (χ1v) is 9.56. The summed E-state index contributed by atoms with van der Waals surface area (Å²) in [7, 11) is 0. The minimum absolute atomic E-state index is 0.116. The molecule has 1 fully saturated rings. The summed E-state index contributed by atoms with van der Waals surface area (Å²) >= 11 is 5.92. The number of aryl methyl sites for hydroxylation is 1. The Morgan fingerprint density at radius 1 is 1.21 bits per heavy atom. The lowest BCUT2D eigenvalue weighted by Gasteiger charge is -2.28. The number of nitrogens with one attached hydrogen (secondary N) is 1. The fraction of sp³-hybridized carbons (Fsp3) is 0.333. The number of rotatable bonds is 6. The molecule has 0 spiro atoms. The van der Waals surface area contributed by atoms with Crippen molar-refractivity contribution in [2.45, 2.75) is 13.8 Å². The van der Waals surface area contributed by atoms with Gasteiger partial charge in [-0.3, -0.25) is 4.79 Å². The van der Waals surface area contributed by atoms with Crippen LogP contribution >= 0.6 is 11.6 Å². The number of morpholine rings is 1. The van der Waals surface area contributed by atoms with E-state index in [-0.39, 0.29) is 12.5 Å². The van der Waals surface area contributed by atoms with Crippen LogP contribution in [-0.4, -0.2) is 44.5 Å². The lowest BCUT2D eigenvalue weighted by atomic mass is 10.1. The number of nitrogens with zero attached hydrogens (tertiary/aromatic N) is 2. The molecule has 7 heteroatoms. The highest BCUT2D eigenvalue weighted by molar-refractivity contribution is 6.30. The summed E-state index contributed by atoms with van der Waals surface area (Å²) in [5.41, 5.74) is 6.25. The number of anilines is 1. The third kappa shape index (κ3) is 5.47. The van der Waals surface area contributed by atoms with Gasteiger partial charge in [-0.2, -0.15) is 5.10 Å². The van der Waals surface area contributed by atoms with Crippen molar-refractivity contribution in [3.8, 4) is 5.75 Å². The number of benzene rings is 2. The van der Waals surface area contributed by atoms with Crippen LogP contribution in [0.1, 0.15) is 18.1 Å². The number of amides is 1. The molecule has 1 N–H and O–H groups in total. The van der Waals surface area contributed by atoms with Crippen LogP contribution in [0.5, 0.6) is 5.75 Å². The maximum absolute atomic E-state index is 12.0. The molecular formula is C21H24ClN3O3. The maximum atomic E-state index is 12.0. The van der Waals surface area contributed by atoms with E-state index in [1.807, 2.05) is 26.0 Å². The summed E-state index contributed by atoms with van der Waals surface area (Å²) in [6.45, 7) is 6.92. The molecule has 148 valence electrons. The van der Waals surface area contributed by atoms with E-state index in [0.29, 0.717) is 10.8 Å². The van der Waals surface area contributed by atoms with Crippen molar-refractivity contribution in [2.75, 3.05) is 37.8 Å². The largest absolute Gasteiger partial charge is 0.483 e. The van der Waals surface area contributed by atoms with Gasteiger partial charge in [0, 0.05) is 23.8 Å². The summed E-state index contributed by atoms with van der Waals surface area (Å²) in [6, 6.07) is 13.4. The Kier molecular flexibility index (Phi) is 6.90. The summed E-state index contributed by atoms with van der Waals surface area (Å²) < 4.78 is 10.9. The molecule has 2 aromatic carbocycles. The van der Waals surface area contributed by atoms with Crippen molar-refractivity contribution < 1.29 is 14.3 Å². The van der Waals surface area contributed by atoms with Crippen LogP contribution < -0.4 is 15.1 Å². The van der Waals surface area contributed by atoms with Crippen molar-refractivity contribution in [3.05, 3.63) is 58.6 Å². The Bertz CT molecular complexity index is 846. The number of carbonyl (C=O) groups is 1. The molecule has 1 amide bonds. The number of carbonyl (C=O) groups excluding carboxylic acids is 1. The quantitative estimate of drug-likeness (QED) is 0.595. The lowest BCUT2D eigenvalue weighted by molar-refractivity contribution is -0.123. The molecule has 0 aromatic heterocycles. The van der Waals surface area contributed by atoms with Gasteiger partial charge < -0.3 is 14.4 Å². The standard InChI is InChI=1S/C21H24ClN3O3/c1-15-13-18(22)5-8-20(15)28-14-21(26)24-23-16(2)17-3-6-19(7-4-17)25-9-11-27-12-10-25/h3-8,13H,9-12,14H2,1-2H3,(H,24,26)/b23-16-. The van der Waals surface area contributed by atoms with Gasteiger partial charge in [0.2, 0.25) is 0 Å². The van der Waals surface area contributed by atoms with E-state index >= 15 is 0 Å². The Balaban J connectivity index is 1.52. The third-order valence-electron chi connectivity index (χ3n) is 4.51. The minimum atomic E-state index is -0.321. The van der Waals surface area contributed by atoms with Crippen molar-refractivity contribution in [2.24, 2.45) is 5.10 Å². The van der Waals surface area contributed by atoms with Gasteiger partial charge in [-0.25, -0.2) is 5.43 Å². The van der Waals surface area contributed by atoms with Crippen molar-refractivity contribution >= 4 is 28.9 Å². The lowest BCUT2D eigenvalue weighted by Crippen LogP contribution is -2.36. The number of hydrogen-bond donors (Lipinski definition) is 1. The van der Waals surface area contributed by atoms with Crippen LogP contribution in [0.4, 0.5) is 5.69 Å². The second kappa shape index (κ2) is 9.57. The van der Waals surface area contributed by atoms with E-state index < -0.39 is 0 Å². The van der Waals surface area contributed by atoms with Crippen LogP contribution in [0.15, 0.2) is 47.6 Å². The van der Waals surface area contributed by atoms with E-state index in [0.717, 1.165) is 48.8 Å². The number of ether oxygens (including phenoxy) is 2. The number of halogens is 1. The zero-order chi connectivity index (χ0) is 19.9. The SMILES string of the molecule is C/C(=N/NC(=O)COc1ccc(Cl)cc1C)c1ccc(N2CCOCC2)cc1. The molecule has 28 heavy (non-hydrogen) atoms. The molecule has 0 unspecified atom stereocenters. The fourth-order valence-electron chi connectivity index (χ4n) is 2.90. The van der Waals surface area contributed by atoms with E-state index in [2.05, 4.69) is 27.6 Å². The van der Waals surface area contributed by atoms with Crippen molar-refractivity contribution in [1.29, 1.82) is 0 Å². The summed E-state index contributed by atoms with van der Waals surface area (Å²) in [5.74, 6) is 0.303. The van der Waals surface area contributed by atoms with E-state index in [1.165, 1.54) is 0 Å². The highest BCUT2D eigenvalue weighted by atomic mass is 35.5. The zero-order valence-corrected chi connectivity index (χ0v) is 16.8. The summed E-state index contributed by atoms with van der Waals surface area (Å²) in [4.78, 5) is 14.3. The Hall–Kier alpha value is -2.57. The van der Waals surface area contributed by atoms with Gasteiger partial charge in [0.1, 0.15) is 5.75 Å². The molecule has 0 bridgehead atoms. The first kappa shape index (κ1) is 20.2. The molecule has 2 aromatic rings. The van der Waals surface area contributed by atoms with Crippen molar-refractivity contribution in [3.63, 3.8) is 0 Å². The Morgan fingerprint density at radius 2 is 1.93 bits per heavy atom. The van der Waals surface area contributed by atoms with Gasteiger partial charge in [-0.05, 0) is 55.3 Å². The highest BCUT2D eigenvalue weighted by Crippen LogP contribution is 2.21. The maximum Gasteiger partial charge on any atom is 0.277 e. The monoisotopic (exact) mass is 401 g/mol. The summed E-state index contributed by atoms with van der Waals surface area (Å²) in [6.07, 6.45) is 0. The van der Waals surface area contributed by atoms with E-state index in [1.54, 1.807) is 18.2 Å². The number of hydrogen-bond acceptors (Lipinski definition) is 5. The van der Waals surface area contributed by atoms with Crippen LogP contribution in [0.3, 0.4) is 0 Å². The van der Waals surface area contributed by atoms with Gasteiger partial charge in [-0.15, -0.1) is 0 Å². The molecule has 6 nitrogen and oxygen atoms in total. The Morgan fingerprint density at radius 3 is 2.61 bits per heavy atom. The van der Waals surface area contributed by atoms with Gasteiger partial charge in [0.25, 0.3) is 5.91 Å². The van der Waals surface area contributed by atoms with E-state index in [9.17, 15) is 4.79 Å². The van der Waals surface area contributed by atoms with Crippen LogP contribution in [0.25, 0.3) is 0 Å².